The average molecular weight is 1100 g/mol. The molecule has 9 rings (SSSR count). The first-order valence-electron chi connectivity index (χ1n) is 25.6. The van der Waals surface area contributed by atoms with Crippen LogP contribution >= 0.6 is 0 Å². The number of phenols is 1. The number of nitrogens with zero attached hydrogens (tertiary/aromatic N) is 3. The van der Waals surface area contributed by atoms with Gasteiger partial charge >= 0.3 is 0 Å². The van der Waals surface area contributed by atoms with Gasteiger partial charge in [-0.1, -0.05) is 197 Å². The van der Waals surface area contributed by atoms with Gasteiger partial charge in [-0.2, -0.15) is 0 Å². The monoisotopic (exact) mass is 1100 g/mol. The van der Waals surface area contributed by atoms with E-state index in [0.717, 1.165) is 72.4 Å². The number of aromatic nitrogens is 3. The molecule has 7 aromatic carbocycles. The van der Waals surface area contributed by atoms with Gasteiger partial charge in [-0.15, -0.1) is 29.3 Å². The molecule has 358 valence electrons. The van der Waals surface area contributed by atoms with Crippen molar-refractivity contribution in [2.24, 2.45) is 0 Å². The molecular weight excluding hydrogens is 1030 g/mol. The Bertz CT molecular complexity index is 3470. The van der Waals surface area contributed by atoms with Gasteiger partial charge in [0.15, 0.2) is 0 Å². The van der Waals surface area contributed by atoms with Crippen LogP contribution < -0.4 is 0 Å². The van der Waals surface area contributed by atoms with Crippen LogP contribution in [-0.2, 0) is 42.7 Å². The van der Waals surface area contributed by atoms with E-state index in [4.69, 9.17) is 14.1 Å². The van der Waals surface area contributed by atoms with Gasteiger partial charge in [-0.25, -0.2) is 4.98 Å². The second-order valence-corrected chi connectivity index (χ2v) is 22.7. The van der Waals surface area contributed by atoms with Crippen molar-refractivity contribution in [1.82, 2.24) is 14.5 Å². The molecule has 0 aliphatic carbocycles. The standard InChI is InChI=1S/C65H66N3O.Pt/c1-41-34-58(54(43-18-15-14-16-19-43)40-53(41)44-24-28-49(29-25-44)63(5,6)7)68-57-21-17-20-52(60(57)67-61(68)55-39-50(64(8,9)10)30-31-59(55)69)46-35-47(37-51(36-46)65(11,12)13)56-38-45(32-33-66-56)42-22-26-48(27-23-42)62(2,3)4;/h14-34,36-40,69H,1-13H3;/q-1;/i1D3;. The van der Waals surface area contributed by atoms with Crippen LogP contribution in [0.15, 0.2) is 158 Å². The summed E-state index contributed by atoms with van der Waals surface area (Å²) in [6.45, 7) is 23.8. The number of aryl methyl sites for hydroxylation is 1. The molecule has 0 spiro atoms. The molecule has 0 fully saturated rings. The topological polar surface area (TPSA) is 50.9 Å². The van der Waals surface area contributed by atoms with Crippen LogP contribution in [0.4, 0.5) is 0 Å². The van der Waals surface area contributed by atoms with E-state index in [1.807, 2.05) is 72.9 Å². The number of benzene rings is 7. The summed E-state index contributed by atoms with van der Waals surface area (Å²) in [4.78, 5) is 10.5. The minimum Gasteiger partial charge on any atom is -0.507 e. The molecule has 0 saturated heterocycles. The Kier molecular flexibility index (Phi) is 12.3. The van der Waals surface area contributed by atoms with Crippen LogP contribution in [0.5, 0.6) is 5.75 Å². The molecule has 2 heterocycles. The van der Waals surface area contributed by atoms with Crippen molar-refractivity contribution in [3.05, 3.63) is 192 Å². The van der Waals surface area contributed by atoms with Crippen molar-refractivity contribution in [2.75, 3.05) is 0 Å². The number of hydrogen-bond acceptors (Lipinski definition) is 3. The summed E-state index contributed by atoms with van der Waals surface area (Å²) in [6, 6.07) is 55.2. The van der Waals surface area contributed by atoms with Crippen molar-refractivity contribution >= 4 is 11.0 Å². The summed E-state index contributed by atoms with van der Waals surface area (Å²) in [5.74, 6) is 0.549. The van der Waals surface area contributed by atoms with Gasteiger partial charge in [0.1, 0.15) is 11.6 Å². The minimum atomic E-state index is -2.49. The number of aromatic hydroxyl groups is 1. The van der Waals surface area contributed by atoms with E-state index >= 15 is 0 Å². The van der Waals surface area contributed by atoms with E-state index in [0.29, 0.717) is 28.2 Å². The maximum atomic E-state index is 12.0. The molecule has 2 aromatic heterocycles. The largest absolute Gasteiger partial charge is 0.507 e. The molecule has 9 aromatic rings. The summed E-state index contributed by atoms with van der Waals surface area (Å²) in [5.41, 5.74) is 15.5. The quantitative estimate of drug-likeness (QED) is 0.162. The Balaban J connectivity index is 0.00000711. The van der Waals surface area contributed by atoms with Gasteiger partial charge in [0.25, 0.3) is 0 Å². The molecule has 0 saturated carbocycles. The normalized spacial score (nSPS) is 13.1. The SMILES string of the molecule is [2H]C([2H])([2H])c1cc(-n2c(-c3cc(C(C)(C)C)ccc3O)nc3c(-c4[c-]c(-c5cc(-c6ccc(C(C)(C)C)cc6)ccn5)cc(C(C)(C)C)c4)cccc32)c(-c2ccccc2)cc1-c1ccc(C(C)(C)C)cc1.[Pt]. The molecule has 0 aliphatic heterocycles. The van der Waals surface area contributed by atoms with E-state index in [9.17, 15) is 5.11 Å². The van der Waals surface area contributed by atoms with Gasteiger partial charge in [0.2, 0.25) is 0 Å². The summed E-state index contributed by atoms with van der Waals surface area (Å²) in [6.07, 6.45) is 1.87. The smallest absolute Gasteiger partial charge is 0.148 e. The van der Waals surface area contributed by atoms with Crippen molar-refractivity contribution < 1.29 is 30.3 Å². The van der Waals surface area contributed by atoms with Crippen LogP contribution in [0.3, 0.4) is 0 Å². The van der Waals surface area contributed by atoms with E-state index in [-0.39, 0.29) is 54.0 Å². The van der Waals surface area contributed by atoms with Crippen molar-refractivity contribution in [1.29, 1.82) is 0 Å². The van der Waals surface area contributed by atoms with Crippen molar-refractivity contribution in [2.45, 2.75) is 112 Å². The van der Waals surface area contributed by atoms with Crippen LogP contribution in [0.1, 0.15) is 115 Å². The van der Waals surface area contributed by atoms with Gasteiger partial charge in [0, 0.05) is 42.6 Å². The Morgan fingerprint density at radius 2 is 1.07 bits per heavy atom. The number of hydrogen-bond donors (Lipinski definition) is 1. The second kappa shape index (κ2) is 18.8. The molecule has 0 aliphatic rings. The minimum absolute atomic E-state index is 0. The Hall–Kier alpha value is -6.35. The maximum Gasteiger partial charge on any atom is 0.148 e. The zero-order valence-electron chi connectivity index (χ0n) is 45.6. The number of fused-ring (bicyclic) bond motifs is 1. The first-order valence-corrected chi connectivity index (χ1v) is 24.1. The Labute approximate surface area is 435 Å². The zero-order chi connectivity index (χ0) is 51.7. The fourth-order valence-corrected chi connectivity index (χ4v) is 9.14. The first kappa shape index (κ1) is 46.1. The molecule has 0 radical (unpaired) electrons. The molecule has 0 bridgehead atoms. The molecule has 1 N–H and O–H groups in total. The Morgan fingerprint density at radius 3 is 1.69 bits per heavy atom. The Morgan fingerprint density at radius 1 is 0.486 bits per heavy atom. The molecule has 0 unspecified atom stereocenters. The number of para-hydroxylation sites is 1. The third-order valence-corrected chi connectivity index (χ3v) is 13.5. The number of rotatable bonds is 7. The third kappa shape index (κ3) is 9.99. The van der Waals surface area contributed by atoms with E-state index in [1.54, 1.807) is 6.07 Å². The fourth-order valence-electron chi connectivity index (χ4n) is 9.14. The predicted octanol–water partition coefficient (Wildman–Crippen LogP) is 17.4. The van der Waals surface area contributed by atoms with Gasteiger partial charge in [-0.3, -0.25) is 9.55 Å². The first-order chi connectivity index (χ1) is 33.8. The molecule has 70 heavy (non-hydrogen) atoms. The number of pyridine rings is 1. The van der Waals surface area contributed by atoms with Crippen molar-refractivity contribution in [3.8, 4) is 78.6 Å². The number of phenolic OH excluding ortho intramolecular Hbond substituents is 1. The van der Waals surface area contributed by atoms with Gasteiger partial charge < -0.3 is 5.11 Å². The molecular formula is C65H66N3OPt-. The van der Waals surface area contributed by atoms with Crippen molar-refractivity contribution in [3.63, 3.8) is 0 Å². The van der Waals surface area contributed by atoms with Crippen LogP contribution in [0.2, 0.25) is 0 Å². The summed E-state index contributed by atoms with van der Waals surface area (Å²) < 4.78 is 29.3. The second-order valence-electron chi connectivity index (χ2n) is 22.7. The maximum absolute atomic E-state index is 12.0. The summed E-state index contributed by atoms with van der Waals surface area (Å²) in [5, 5.41) is 12.0. The summed E-state index contributed by atoms with van der Waals surface area (Å²) in [7, 11) is 0. The van der Waals surface area contributed by atoms with E-state index in [1.165, 1.54) is 5.56 Å². The average Bonchev–Trinajstić information content (AvgIpc) is 3.72. The van der Waals surface area contributed by atoms with Crippen LogP contribution in [0.25, 0.3) is 83.9 Å². The van der Waals surface area contributed by atoms with Gasteiger partial charge in [0.05, 0.1) is 22.3 Å². The van der Waals surface area contributed by atoms with Crippen LogP contribution in [-0.4, -0.2) is 19.6 Å². The predicted molar refractivity (Wildman–Crippen MR) is 292 cm³/mol. The zero-order valence-corrected chi connectivity index (χ0v) is 44.9. The van der Waals surface area contributed by atoms with E-state index < -0.39 is 6.85 Å². The number of imidazole rings is 1. The molecule has 4 nitrogen and oxygen atoms in total. The van der Waals surface area contributed by atoms with Crippen LogP contribution in [0, 0.1) is 12.9 Å². The molecule has 0 atom stereocenters. The fraction of sp³-hybridized carbons (Fsp3) is 0.262. The third-order valence-electron chi connectivity index (χ3n) is 13.5. The molecule has 5 heteroatoms. The molecule has 0 amide bonds. The van der Waals surface area contributed by atoms with Gasteiger partial charge in [-0.05, 0) is 115 Å². The summed E-state index contributed by atoms with van der Waals surface area (Å²) >= 11 is 0. The van der Waals surface area contributed by atoms with E-state index in [2.05, 4.69) is 173 Å².